The van der Waals surface area contributed by atoms with Crippen molar-refractivity contribution in [2.24, 2.45) is 0 Å². The van der Waals surface area contributed by atoms with Crippen LogP contribution in [0.5, 0.6) is 0 Å². The molecule has 4 nitrogen and oxygen atoms in total. The number of anilines is 1. The average molecular weight is 448 g/mol. The molecule has 2 heterocycles. The zero-order valence-corrected chi connectivity index (χ0v) is 19.4. The van der Waals surface area contributed by atoms with E-state index < -0.39 is 0 Å². The summed E-state index contributed by atoms with van der Waals surface area (Å²) in [5.41, 5.74) is 4.22. The maximum atomic E-state index is 13.2. The second-order valence-electron chi connectivity index (χ2n) is 7.48. The number of nitrogens with zero attached hydrogens (tertiary/aromatic N) is 3. The Bertz CT molecular complexity index is 1160. The van der Waals surface area contributed by atoms with Crippen LogP contribution in [0.3, 0.4) is 0 Å². The number of amides is 1. The van der Waals surface area contributed by atoms with Gasteiger partial charge in [-0.25, -0.2) is 4.98 Å². The van der Waals surface area contributed by atoms with Gasteiger partial charge in [-0.1, -0.05) is 47.2 Å². The Morgan fingerprint density at radius 1 is 1.03 bits per heavy atom. The molecular formula is C25H25N3OS2. The highest BCUT2D eigenvalue weighted by molar-refractivity contribution is 7.99. The molecule has 2 aromatic heterocycles. The number of hydrogen-bond donors (Lipinski definition) is 0. The monoisotopic (exact) mass is 447 g/mol. The molecule has 0 fully saturated rings. The number of fused-ring (bicyclic) bond motifs is 1. The lowest BCUT2D eigenvalue weighted by molar-refractivity contribution is -0.118. The molecule has 0 aliphatic heterocycles. The second-order valence-corrected chi connectivity index (χ2v) is 9.66. The molecule has 4 aromatic rings. The maximum Gasteiger partial charge on any atom is 0.229 e. The lowest BCUT2D eigenvalue weighted by Crippen LogP contribution is -2.30. The zero-order valence-electron chi connectivity index (χ0n) is 17.7. The average Bonchev–Trinajstić information content (AvgIpc) is 3.22. The third kappa shape index (κ3) is 5.51. The highest BCUT2D eigenvalue weighted by atomic mass is 32.2. The summed E-state index contributed by atoms with van der Waals surface area (Å²) >= 11 is 3.36. The van der Waals surface area contributed by atoms with Gasteiger partial charge in [0.1, 0.15) is 0 Å². The summed E-state index contributed by atoms with van der Waals surface area (Å²) in [6.45, 7) is 4.58. The lowest BCUT2D eigenvalue weighted by atomic mass is 10.2. The topological polar surface area (TPSA) is 46.1 Å². The molecule has 0 atom stereocenters. The smallest absolute Gasteiger partial charge is 0.229 e. The SMILES string of the molecule is Cc1ccc(SCCCC(=O)N(Cc2ccccn2)c2nc3c(C)cccc3s2)cc1. The zero-order chi connectivity index (χ0) is 21.6. The minimum atomic E-state index is 0.0897. The number of rotatable bonds is 8. The van der Waals surface area contributed by atoms with E-state index in [9.17, 15) is 4.79 Å². The standard InChI is InChI=1S/C25H25N3OS2/c1-18-11-13-21(14-12-18)30-16-6-10-23(29)28(17-20-8-3-4-15-26-20)25-27-24-19(2)7-5-9-22(24)31-25/h3-5,7-9,11-15H,6,10,16-17H2,1-2H3. The predicted molar refractivity (Wildman–Crippen MR) is 131 cm³/mol. The third-order valence-corrected chi connectivity index (χ3v) is 7.15. The van der Waals surface area contributed by atoms with E-state index in [4.69, 9.17) is 4.98 Å². The van der Waals surface area contributed by atoms with Crippen molar-refractivity contribution in [1.29, 1.82) is 0 Å². The number of aromatic nitrogens is 2. The molecule has 0 aliphatic carbocycles. The van der Waals surface area contributed by atoms with Crippen LogP contribution in [0.25, 0.3) is 10.2 Å². The van der Waals surface area contributed by atoms with E-state index in [1.807, 2.05) is 24.3 Å². The fourth-order valence-corrected chi connectivity index (χ4v) is 5.20. The molecular weight excluding hydrogens is 422 g/mol. The molecule has 0 unspecified atom stereocenters. The van der Waals surface area contributed by atoms with Crippen LogP contribution < -0.4 is 4.90 Å². The molecule has 4 rings (SSSR count). The number of para-hydroxylation sites is 1. The summed E-state index contributed by atoms with van der Waals surface area (Å²) in [6, 6.07) is 20.5. The Morgan fingerprint density at radius 3 is 2.61 bits per heavy atom. The van der Waals surface area contributed by atoms with Crippen LogP contribution in [0.1, 0.15) is 29.7 Å². The molecule has 0 bridgehead atoms. The van der Waals surface area contributed by atoms with Crippen molar-refractivity contribution in [1.82, 2.24) is 9.97 Å². The first-order valence-corrected chi connectivity index (χ1v) is 12.2. The Balaban J connectivity index is 1.47. The van der Waals surface area contributed by atoms with Gasteiger partial charge in [0, 0.05) is 17.5 Å². The van der Waals surface area contributed by atoms with Crippen LogP contribution in [0.15, 0.2) is 71.8 Å². The maximum absolute atomic E-state index is 13.2. The number of hydrogen-bond acceptors (Lipinski definition) is 5. The van der Waals surface area contributed by atoms with Crippen LogP contribution in [-0.2, 0) is 11.3 Å². The number of thioether (sulfide) groups is 1. The first-order chi connectivity index (χ1) is 15.1. The molecule has 158 valence electrons. The van der Waals surface area contributed by atoms with Gasteiger partial charge in [0.15, 0.2) is 5.13 Å². The number of carbonyl (C=O) groups is 1. The van der Waals surface area contributed by atoms with Crippen molar-refractivity contribution in [2.75, 3.05) is 10.7 Å². The lowest BCUT2D eigenvalue weighted by Gasteiger charge is -2.19. The molecule has 0 aliphatic rings. The molecule has 6 heteroatoms. The fraction of sp³-hybridized carbons (Fsp3) is 0.240. The van der Waals surface area contributed by atoms with Crippen LogP contribution in [-0.4, -0.2) is 21.6 Å². The van der Waals surface area contributed by atoms with E-state index in [-0.39, 0.29) is 5.91 Å². The summed E-state index contributed by atoms with van der Waals surface area (Å²) in [5.74, 6) is 0.998. The predicted octanol–water partition coefficient (Wildman–Crippen LogP) is 6.41. The van der Waals surface area contributed by atoms with Gasteiger partial charge in [0.2, 0.25) is 5.91 Å². The number of carbonyl (C=O) groups excluding carboxylic acids is 1. The van der Waals surface area contributed by atoms with E-state index in [2.05, 4.69) is 55.2 Å². The normalized spacial score (nSPS) is 11.0. The van der Waals surface area contributed by atoms with Crippen LogP contribution >= 0.6 is 23.1 Å². The molecule has 0 saturated heterocycles. The number of aryl methyl sites for hydroxylation is 2. The van der Waals surface area contributed by atoms with Gasteiger partial charge in [0.05, 0.1) is 22.5 Å². The van der Waals surface area contributed by atoms with Crippen molar-refractivity contribution < 1.29 is 4.79 Å². The minimum absolute atomic E-state index is 0.0897. The molecule has 2 aromatic carbocycles. The van der Waals surface area contributed by atoms with E-state index >= 15 is 0 Å². The van der Waals surface area contributed by atoms with Gasteiger partial charge >= 0.3 is 0 Å². The largest absolute Gasteiger partial charge is 0.282 e. The highest BCUT2D eigenvalue weighted by Gasteiger charge is 2.21. The summed E-state index contributed by atoms with van der Waals surface area (Å²) in [6.07, 6.45) is 3.07. The Labute approximate surface area is 191 Å². The first-order valence-electron chi connectivity index (χ1n) is 10.4. The fourth-order valence-electron chi connectivity index (χ4n) is 3.29. The summed E-state index contributed by atoms with van der Waals surface area (Å²) in [5, 5.41) is 0.742. The van der Waals surface area contributed by atoms with Gasteiger partial charge < -0.3 is 0 Å². The second kappa shape index (κ2) is 10.1. The quantitative estimate of drug-likeness (QED) is 0.231. The van der Waals surface area contributed by atoms with Crippen molar-refractivity contribution in [3.63, 3.8) is 0 Å². The van der Waals surface area contributed by atoms with Gasteiger partial charge in [-0.15, -0.1) is 11.8 Å². The minimum Gasteiger partial charge on any atom is -0.282 e. The highest BCUT2D eigenvalue weighted by Crippen LogP contribution is 2.32. The molecule has 31 heavy (non-hydrogen) atoms. The third-order valence-electron chi connectivity index (χ3n) is 5.01. The van der Waals surface area contributed by atoms with Gasteiger partial charge in [-0.3, -0.25) is 14.7 Å². The molecule has 0 saturated carbocycles. The number of thiazole rings is 1. The van der Waals surface area contributed by atoms with Crippen molar-refractivity contribution in [2.45, 2.75) is 38.1 Å². The van der Waals surface area contributed by atoms with E-state index in [1.165, 1.54) is 10.5 Å². The van der Waals surface area contributed by atoms with Gasteiger partial charge in [-0.2, -0.15) is 0 Å². The molecule has 0 N–H and O–H groups in total. The van der Waals surface area contributed by atoms with Crippen LogP contribution in [0.4, 0.5) is 5.13 Å². The molecule has 0 spiro atoms. The number of pyridine rings is 1. The summed E-state index contributed by atoms with van der Waals surface area (Å²) < 4.78 is 1.10. The van der Waals surface area contributed by atoms with Crippen molar-refractivity contribution >= 4 is 44.4 Å². The Kier molecular flexibility index (Phi) is 6.99. The first kappa shape index (κ1) is 21.5. The Hall–Kier alpha value is -2.70. The van der Waals surface area contributed by atoms with Crippen LogP contribution in [0.2, 0.25) is 0 Å². The van der Waals surface area contributed by atoms with Crippen molar-refractivity contribution in [3.8, 4) is 0 Å². The van der Waals surface area contributed by atoms with Crippen molar-refractivity contribution in [3.05, 3.63) is 83.7 Å². The van der Waals surface area contributed by atoms with E-state index in [1.54, 1.807) is 34.2 Å². The summed E-state index contributed by atoms with van der Waals surface area (Å²) in [4.78, 5) is 25.5. The molecule has 1 amide bonds. The van der Waals surface area contributed by atoms with Gasteiger partial charge in [-0.05, 0) is 61.9 Å². The number of benzene rings is 2. The van der Waals surface area contributed by atoms with Crippen LogP contribution in [0, 0.1) is 13.8 Å². The van der Waals surface area contributed by atoms with E-state index in [0.29, 0.717) is 13.0 Å². The van der Waals surface area contributed by atoms with Gasteiger partial charge in [0.25, 0.3) is 0 Å². The van der Waals surface area contributed by atoms with E-state index in [0.717, 1.165) is 38.8 Å². The molecule has 0 radical (unpaired) electrons. The summed E-state index contributed by atoms with van der Waals surface area (Å²) in [7, 11) is 0. The Morgan fingerprint density at radius 2 is 1.87 bits per heavy atom.